The molecule has 3 atom stereocenters. The van der Waals surface area contributed by atoms with Crippen molar-refractivity contribution in [3.8, 4) is 17.2 Å². The molecule has 0 radical (unpaired) electrons. The fourth-order valence-electron chi connectivity index (χ4n) is 3.89. The molecule has 0 aromatic heterocycles. The second-order valence-corrected chi connectivity index (χ2v) is 14.8. The first-order valence-electron chi connectivity index (χ1n) is 9.42. The van der Waals surface area contributed by atoms with Crippen LogP contribution in [0, 0.1) is 11.5 Å². The summed E-state index contributed by atoms with van der Waals surface area (Å²) in [5, 5.41) is 9.04. The Morgan fingerprint density at radius 3 is 2.69 bits per heavy atom. The minimum atomic E-state index is -1.41. The summed E-state index contributed by atoms with van der Waals surface area (Å²) in [6, 6.07) is 6.36. The van der Waals surface area contributed by atoms with Crippen molar-refractivity contribution in [3.05, 3.63) is 29.3 Å². The van der Waals surface area contributed by atoms with Crippen LogP contribution in [0.1, 0.15) is 43.2 Å². The lowest BCUT2D eigenvalue weighted by molar-refractivity contribution is 0.0330. The summed E-state index contributed by atoms with van der Waals surface area (Å²) in [6.45, 7) is 10.6. The Bertz CT molecular complexity index is 757. The zero-order chi connectivity index (χ0) is 18.9. The van der Waals surface area contributed by atoms with Gasteiger partial charge in [0, 0.05) is 35.1 Å². The van der Waals surface area contributed by atoms with E-state index in [0.717, 1.165) is 43.7 Å². The number of ether oxygens (including phenoxy) is 1. The minimum absolute atomic E-state index is 0.0485. The van der Waals surface area contributed by atoms with Gasteiger partial charge in [-0.2, -0.15) is 0 Å². The molecule has 3 N–H and O–H groups in total. The van der Waals surface area contributed by atoms with Crippen molar-refractivity contribution in [1.29, 1.82) is 0 Å². The summed E-state index contributed by atoms with van der Waals surface area (Å²) < 4.78 is 18.3. The van der Waals surface area contributed by atoms with Crippen molar-refractivity contribution < 1.29 is 8.95 Å². The highest BCUT2D eigenvalue weighted by Gasteiger charge is 2.49. The maximum absolute atomic E-state index is 11.8. The smallest absolute Gasteiger partial charge is 0.129 e. The molecule has 1 aromatic carbocycles. The number of hydrogen-bond acceptors (Lipinski definition) is 3. The molecule has 0 aliphatic carbocycles. The van der Waals surface area contributed by atoms with E-state index in [0.29, 0.717) is 0 Å². The van der Waals surface area contributed by atoms with Gasteiger partial charge in [0.25, 0.3) is 0 Å². The molecule has 6 heteroatoms. The Morgan fingerprint density at radius 1 is 1.38 bits per heavy atom. The third-order valence-corrected chi connectivity index (χ3v) is 7.19. The van der Waals surface area contributed by atoms with Crippen LogP contribution in [-0.4, -0.2) is 36.2 Å². The molecule has 4 nitrogen and oxygen atoms in total. The fourth-order valence-corrected chi connectivity index (χ4v) is 4.79. The molecule has 2 aliphatic rings. The topological polar surface area (TPSA) is 64.3 Å². The number of benzene rings is 1. The van der Waals surface area contributed by atoms with Gasteiger partial charge in [-0.3, -0.25) is 5.14 Å². The maximum Gasteiger partial charge on any atom is 0.129 e. The summed E-state index contributed by atoms with van der Waals surface area (Å²) in [4.78, 5) is 0. The van der Waals surface area contributed by atoms with E-state index in [1.807, 2.05) is 6.92 Å². The van der Waals surface area contributed by atoms with Crippen LogP contribution >= 0.6 is 0 Å². The Kier molecular flexibility index (Phi) is 5.64. The lowest BCUT2D eigenvalue weighted by Gasteiger charge is -2.39. The summed E-state index contributed by atoms with van der Waals surface area (Å²) in [7, 11) is -2.72. The maximum atomic E-state index is 11.8. The van der Waals surface area contributed by atoms with Gasteiger partial charge in [0.1, 0.15) is 19.4 Å². The molecule has 0 saturated carbocycles. The van der Waals surface area contributed by atoms with E-state index < -0.39 is 19.1 Å². The normalized spacial score (nSPS) is 23.5. The minimum Gasteiger partial charge on any atom is -0.486 e. The summed E-state index contributed by atoms with van der Waals surface area (Å²) in [5.41, 5.74) is 5.47. The van der Waals surface area contributed by atoms with Crippen LogP contribution in [0.2, 0.25) is 19.6 Å². The van der Waals surface area contributed by atoms with Gasteiger partial charge in [0.05, 0.1) is 11.0 Å². The van der Waals surface area contributed by atoms with Crippen LogP contribution in [0.5, 0.6) is 5.75 Å². The predicted molar refractivity (Wildman–Crippen MR) is 111 cm³/mol. The number of nitrogens with one attached hydrogen (secondary N) is 1. The van der Waals surface area contributed by atoms with Crippen LogP contribution in [0.15, 0.2) is 18.2 Å². The molecule has 0 amide bonds. The van der Waals surface area contributed by atoms with Gasteiger partial charge in [0.15, 0.2) is 0 Å². The average molecular weight is 391 g/mol. The van der Waals surface area contributed by atoms with E-state index in [-0.39, 0.29) is 16.8 Å². The molecule has 1 aromatic rings. The first kappa shape index (κ1) is 19.6. The van der Waals surface area contributed by atoms with Crippen LogP contribution in [0.4, 0.5) is 0 Å². The van der Waals surface area contributed by atoms with Crippen molar-refractivity contribution in [2.75, 3.05) is 13.1 Å². The van der Waals surface area contributed by atoms with Gasteiger partial charge < -0.3 is 10.1 Å². The molecule has 2 aliphatic heterocycles. The van der Waals surface area contributed by atoms with Gasteiger partial charge >= 0.3 is 0 Å². The molecule has 3 rings (SSSR count). The molecule has 0 bridgehead atoms. The molecular formula is C20H30N2O2SSi. The van der Waals surface area contributed by atoms with E-state index in [1.54, 1.807) is 0 Å². The van der Waals surface area contributed by atoms with Gasteiger partial charge in [-0.05, 0) is 38.6 Å². The van der Waals surface area contributed by atoms with Crippen LogP contribution < -0.4 is 15.2 Å². The van der Waals surface area contributed by atoms with Gasteiger partial charge in [-0.1, -0.05) is 31.6 Å². The molecule has 1 saturated heterocycles. The lowest BCUT2D eigenvalue weighted by atomic mass is 9.75. The van der Waals surface area contributed by atoms with E-state index in [4.69, 9.17) is 9.88 Å². The SMILES string of the molecule is CC(C[C@@H]1c2ccc(C#C[Si](C)(C)C)cc2OC12CCNCC2)S(N)=O. The van der Waals surface area contributed by atoms with Crippen LogP contribution in [-0.2, 0) is 11.0 Å². The highest BCUT2D eigenvalue weighted by Crippen LogP contribution is 2.51. The summed E-state index contributed by atoms with van der Waals surface area (Å²) in [6.07, 6.45) is 2.72. The van der Waals surface area contributed by atoms with E-state index >= 15 is 0 Å². The van der Waals surface area contributed by atoms with Crippen molar-refractivity contribution in [3.63, 3.8) is 0 Å². The Morgan fingerprint density at radius 2 is 2.08 bits per heavy atom. The molecule has 142 valence electrons. The first-order valence-corrected chi connectivity index (χ1v) is 14.2. The zero-order valence-electron chi connectivity index (χ0n) is 16.2. The third-order valence-electron chi connectivity index (χ3n) is 5.33. The Labute approximate surface area is 160 Å². The summed E-state index contributed by atoms with van der Waals surface area (Å²) in [5.74, 6) is 4.52. The van der Waals surface area contributed by atoms with Gasteiger partial charge in [0.2, 0.25) is 0 Å². The standard InChI is InChI=1S/C20H30N2O2SSi/c1-15(25(21)23)13-18-17-6-5-16(7-12-26(2,3)4)14-19(17)24-20(18)8-10-22-11-9-20/h5-6,14-15,18,22H,8-11,13,21H2,1-4H3/t15?,18-,25?/m1/s1. The average Bonchev–Trinajstić information content (AvgIpc) is 2.85. The fraction of sp³-hybridized carbons (Fsp3) is 0.600. The largest absolute Gasteiger partial charge is 0.486 e. The second kappa shape index (κ2) is 7.47. The molecule has 2 unspecified atom stereocenters. The monoisotopic (exact) mass is 390 g/mol. The Balaban J connectivity index is 1.94. The zero-order valence-corrected chi connectivity index (χ0v) is 18.0. The van der Waals surface area contributed by atoms with E-state index in [2.05, 4.69) is 54.6 Å². The Hall–Kier alpha value is -1.13. The van der Waals surface area contributed by atoms with Crippen LogP contribution in [0.3, 0.4) is 0 Å². The second-order valence-electron chi connectivity index (χ2n) is 8.60. The van der Waals surface area contributed by atoms with E-state index in [1.165, 1.54) is 5.56 Å². The molecule has 2 heterocycles. The first-order chi connectivity index (χ1) is 12.2. The molecular weight excluding hydrogens is 360 g/mol. The molecule has 1 fully saturated rings. The lowest BCUT2D eigenvalue weighted by Crippen LogP contribution is -2.48. The van der Waals surface area contributed by atoms with Crippen molar-refractivity contribution in [2.24, 2.45) is 5.14 Å². The quantitative estimate of drug-likeness (QED) is 0.616. The predicted octanol–water partition coefficient (Wildman–Crippen LogP) is 2.91. The van der Waals surface area contributed by atoms with Crippen molar-refractivity contribution in [1.82, 2.24) is 5.32 Å². The van der Waals surface area contributed by atoms with Crippen molar-refractivity contribution >= 4 is 19.1 Å². The van der Waals surface area contributed by atoms with E-state index in [9.17, 15) is 4.21 Å². The number of fused-ring (bicyclic) bond motifs is 1. The molecule has 26 heavy (non-hydrogen) atoms. The van der Waals surface area contributed by atoms with Gasteiger partial charge in [-0.25, -0.2) is 4.21 Å². The number of nitrogens with two attached hydrogens (primary N) is 1. The highest BCUT2D eigenvalue weighted by atomic mass is 32.2. The third kappa shape index (κ3) is 4.23. The number of hydrogen-bond donors (Lipinski definition) is 2. The highest BCUT2D eigenvalue weighted by molar-refractivity contribution is 7.83. The van der Waals surface area contributed by atoms with Crippen LogP contribution in [0.25, 0.3) is 0 Å². The molecule has 1 spiro atoms. The number of piperidine rings is 1. The van der Waals surface area contributed by atoms with Crippen molar-refractivity contribution in [2.45, 2.75) is 62.6 Å². The van der Waals surface area contributed by atoms with Gasteiger partial charge in [-0.15, -0.1) is 5.54 Å². The summed E-state index contributed by atoms with van der Waals surface area (Å²) >= 11 is 0. The number of rotatable bonds is 3.